The second-order valence-corrected chi connectivity index (χ2v) is 7.92. The normalized spacial score (nSPS) is 46.9. The van der Waals surface area contributed by atoms with E-state index in [0.717, 1.165) is 35.6 Å². The maximum atomic E-state index is 3.99. The molecule has 5 atom stereocenters. The van der Waals surface area contributed by atoms with Crippen LogP contribution in [0.1, 0.15) is 44.9 Å². The minimum absolute atomic E-state index is 0.893. The third-order valence-electron chi connectivity index (χ3n) is 6.94. The Bertz CT molecular complexity index is 321. The average Bonchev–Trinajstić information content (AvgIpc) is 3.10. The van der Waals surface area contributed by atoms with E-state index in [-0.39, 0.29) is 0 Å². The minimum Gasteiger partial charge on any atom is -0.313 e. The van der Waals surface area contributed by atoms with Crippen molar-refractivity contribution in [3.05, 3.63) is 0 Å². The molecule has 2 heteroatoms. The fourth-order valence-corrected chi connectivity index (χ4v) is 5.89. The number of fused-ring (bicyclic) bond motifs is 5. The van der Waals surface area contributed by atoms with Crippen LogP contribution < -0.4 is 5.32 Å². The number of rotatable bonds is 3. The summed E-state index contributed by atoms with van der Waals surface area (Å²) in [5, 5.41) is 3.99. The van der Waals surface area contributed by atoms with Crippen LogP contribution in [0.15, 0.2) is 0 Å². The molecule has 19 heavy (non-hydrogen) atoms. The van der Waals surface area contributed by atoms with Gasteiger partial charge in [-0.1, -0.05) is 6.42 Å². The van der Waals surface area contributed by atoms with Crippen LogP contribution in [0.25, 0.3) is 0 Å². The highest BCUT2D eigenvalue weighted by Crippen LogP contribution is 2.58. The molecule has 4 fully saturated rings. The Hall–Kier alpha value is -0.0800. The summed E-state index contributed by atoms with van der Waals surface area (Å²) in [7, 11) is 2.26. The van der Waals surface area contributed by atoms with E-state index in [2.05, 4.69) is 17.3 Å². The van der Waals surface area contributed by atoms with Gasteiger partial charge in [-0.3, -0.25) is 0 Å². The largest absolute Gasteiger partial charge is 0.313 e. The first kappa shape index (κ1) is 12.6. The zero-order chi connectivity index (χ0) is 12.8. The van der Waals surface area contributed by atoms with Crippen LogP contribution in [0.4, 0.5) is 0 Å². The van der Waals surface area contributed by atoms with Crippen LogP contribution >= 0.6 is 0 Å². The molecule has 3 aliphatic carbocycles. The predicted octanol–water partition coefficient (Wildman–Crippen LogP) is 2.74. The van der Waals surface area contributed by atoms with Gasteiger partial charge in [0.25, 0.3) is 0 Å². The molecule has 1 aliphatic heterocycles. The minimum atomic E-state index is 0.893. The van der Waals surface area contributed by atoms with Crippen LogP contribution in [0.2, 0.25) is 0 Å². The van der Waals surface area contributed by atoms with Crippen LogP contribution in [0.5, 0.6) is 0 Å². The van der Waals surface area contributed by atoms with Crippen LogP contribution in [-0.2, 0) is 0 Å². The summed E-state index contributed by atoms with van der Waals surface area (Å²) in [4.78, 5) is 2.48. The Morgan fingerprint density at radius 1 is 0.947 bits per heavy atom. The molecule has 2 nitrogen and oxygen atoms in total. The van der Waals surface area contributed by atoms with Crippen molar-refractivity contribution in [1.82, 2.24) is 10.2 Å². The number of nitrogens with zero attached hydrogens (tertiary/aromatic N) is 1. The zero-order valence-electron chi connectivity index (χ0n) is 12.5. The van der Waals surface area contributed by atoms with Gasteiger partial charge in [-0.15, -0.1) is 0 Å². The van der Waals surface area contributed by atoms with E-state index < -0.39 is 0 Å². The third-order valence-corrected chi connectivity index (χ3v) is 6.94. The van der Waals surface area contributed by atoms with Gasteiger partial charge in [-0.05, 0) is 94.8 Å². The lowest BCUT2D eigenvalue weighted by Crippen LogP contribution is -2.43. The Morgan fingerprint density at radius 2 is 1.74 bits per heavy atom. The lowest BCUT2D eigenvalue weighted by Gasteiger charge is -2.35. The highest BCUT2D eigenvalue weighted by Gasteiger charge is 2.53. The summed E-state index contributed by atoms with van der Waals surface area (Å²) in [6.07, 6.45) is 10.6. The predicted molar refractivity (Wildman–Crippen MR) is 79.1 cm³/mol. The van der Waals surface area contributed by atoms with E-state index in [9.17, 15) is 0 Å². The quantitative estimate of drug-likeness (QED) is 0.841. The van der Waals surface area contributed by atoms with E-state index in [1.165, 1.54) is 45.3 Å². The van der Waals surface area contributed by atoms with E-state index in [0.29, 0.717) is 0 Å². The molecule has 1 saturated heterocycles. The molecule has 108 valence electrons. The van der Waals surface area contributed by atoms with Gasteiger partial charge in [0.05, 0.1) is 0 Å². The molecule has 0 amide bonds. The van der Waals surface area contributed by atoms with E-state index in [1.807, 2.05) is 0 Å². The van der Waals surface area contributed by atoms with Crippen molar-refractivity contribution in [2.24, 2.45) is 29.6 Å². The molecular weight excluding hydrogens is 232 g/mol. The van der Waals surface area contributed by atoms with E-state index in [1.54, 1.807) is 19.3 Å². The van der Waals surface area contributed by atoms with Crippen molar-refractivity contribution in [3.63, 3.8) is 0 Å². The van der Waals surface area contributed by atoms with Crippen molar-refractivity contribution in [1.29, 1.82) is 0 Å². The van der Waals surface area contributed by atoms with Gasteiger partial charge in [-0.2, -0.15) is 0 Å². The fraction of sp³-hybridized carbons (Fsp3) is 1.00. The van der Waals surface area contributed by atoms with E-state index >= 15 is 0 Å². The number of piperidine rings is 1. The Balaban J connectivity index is 1.28. The summed E-state index contributed by atoms with van der Waals surface area (Å²) < 4.78 is 0. The van der Waals surface area contributed by atoms with Gasteiger partial charge in [0.1, 0.15) is 0 Å². The maximum Gasteiger partial charge on any atom is 0.0101 e. The third kappa shape index (κ3) is 2.25. The van der Waals surface area contributed by atoms with Crippen LogP contribution in [0, 0.1) is 29.6 Å². The summed E-state index contributed by atoms with van der Waals surface area (Å²) in [6.45, 7) is 3.93. The second-order valence-electron chi connectivity index (χ2n) is 7.92. The van der Waals surface area contributed by atoms with Gasteiger partial charge in [0, 0.05) is 6.04 Å². The molecule has 4 rings (SSSR count). The second kappa shape index (κ2) is 5.04. The molecule has 0 radical (unpaired) electrons. The molecule has 4 aliphatic rings. The Labute approximate surface area is 118 Å². The highest BCUT2D eigenvalue weighted by atomic mass is 15.1. The van der Waals surface area contributed by atoms with E-state index in [4.69, 9.17) is 0 Å². The number of hydrogen-bond acceptors (Lipinski definition) is 2. The number of nitrogens with one attached hydrogen (secondary N) is 1. The summed E-state index contributed by atoms with van der Waals surface area (Å²) in [5.41, 5.74) is 0. The van der Waals surface area contributed by atoms with Gasteiger partial charge in [-0.25, -0.2) is 0 Å². The molecule has 0 aromatic heterocycles. The first-order valence-corrected chi connectivity index (χ1v) is 8.73. The van der Waals surface area contributed by atoms with Crippen molar-refractivity contribution < 1.29 is 0 Å². The highest BCUT2D eigenvalue weighted by molar-refractivity contribution is 5.05. The van der Waals surface area contributed by atoms with Gasteiger partial charge in [0.15, 0.2) is 0 Å². The van der Waals surface area contributed by atoms with Crippen LogP contribution in [-0.4, -0.2) is 37.6 Å². The first-order chi connectivity index (χ1) is 9.31. The monoisotopic (exact) mass is 262 g/mol. The lowest BCUT2D eigenvalue weighted by atomic mass is 9.79. The van der Waals surface area contributed by atoms with Crippen molar-refractivity contribution >= 4 is 0 Å². The number of hydrogen-bond donors (Lipinski definition) is 1. The summed E-state index contributed by atoms with van der Waals surface area (Å²) >= 11 is 0. The summed E-state index contributed by atoms with van der Waals surface area (Å²) in [6, 6.07) is 0.893. The molecule has 2 bridgehead atoms. The molecule has 1 heterocycles. The molecule has 3 saturated carbocycles. The van der Waals surface area contributed by atoms with Gasteiger partial charge >= 0.3 is 0 Å². The molecule has 0 aromatic rings. The molecular formula is C17H30N2. The van der Waals surface area contributed by atoms with Crippen molar-refractivity contribution in [2.75, 3.05) is 26.7 Å². The summed E-state index contributed by atoms with van der Waals surface area (Å²) in [5.74, 6) is 5.38. The fourth-order valence-electron chi connectivity index (χ4n) is 5.89. The maximum absolute atomic E-state index is 3.99. The van der Waals surface area contributed by atoms with Crippen molar-refractivity contribution in [3.8, 4) is 0 Å². The Kier molecular flexibility index (Phi) is 3.35. The zero-order valence-corrected chi connectivity index (χ0v) is 12.5. The average molecular weight is 262 g/mol. The molecule has 0 unspecified atom stereocenters. The van der Waals surface area contributed by atoms with Gasteiger partial charge < -0.3 is 10.2 Å². The molecule has 0 aromatic carbocycles. The Morgan fingerprint density at radius 3 is 2.58 bits per heavy atom. The number of likely N-dealkylation sites (tertiary alicyclic amines) is 1. The smallest absolute Gasteiger partial charge is 0.0101 e. The molecule has 0 spiro atoms. The van der Waals surface area contributed by atoms with Crippen molar-refractivity contribution in [2.45, 2.75) is 51.0 Å². The standard InChI is InChI=1S/C17H30N2/c1-19-7-5-12(6-8-19)11-18-17-10-13-9-16(17)15-4-2-3-14(13)15/h12-18H,2-11H2,1H3/t13-,14-,15-,16+,17-/m1/s1. The van der Waals surface area contributed by atoms with Crippen LogP contribution in [0.3, 0.4) is 0 Å². The SMILES string of the molecule is CN1CCC(CN[C@@H]2C[C@H]3C[C@H]2[C@@H]2CCC[C@H]32)CC1. The topological polar surface area (TPSA) is 15.3 Å². The molecule has 1 N–H and O–H groups in total. The first-order valence-electron chi connectivity index (χ1n) is 8.73. The van der Waals surface area contributed by atoms with Gasteiger partial charge in [0.2, 0.25) is 0 Å². The lowest BCUT2D eigenvalue weighted by molar-refractivity contribution is 0.181.